The SMILES string of the molecule is O=C(NCC#Cc1ccccc1C(F)(F)F)c1ccc(F)cc1Cl. The molecule has 0 radical (unpaired) electrons. The van der Waals surface area contributed by atoms with Crippen molar-refractivity contribution in [3.63, 3.8) is 0 Å². The second kappa shape index (κ2) is 7.37. The van der Waals surface area contributed by atoms with Crippen LogP contribution < -0.4 is 5.32 Å². The number of carbonyl (C=O) groups excluding carboxylic acids is 1. The Balaban J connectivity index is 2.06. The van der Waals surface area contributed by atoms with Crippen LogP contribution in [0.3, 0.4) is 0 Å². The maximum atomic E-state index is 12.9. The Bertz CT molecular complexity index is 821. The lowest BCUT2D eigenvalue weighted by Gasteiger charge is -2.08. The van der Waals surface area contributed by atoms with E-state index >= 15 is 0 Å². The average molecular weight is 356 g/mol. The number of alkyl halides is 3. The number of rotatable bonds is 2. The van der Waals surface area contributed by atoms with Gasteiger partial charge in [-0.2, -0.15) is 13.2 Å². The Hall–Kier alpha value is -2.52. The van der Waals surface area contributed by atoms with E-state index in [2.05, 4.69) is 17.2 Å². The predicted octanol–water partition coefficient (Wildman–Crippen LogP) is 4.28. The number of hydrogen-bond donors (Lipinski definition) is 1. The molecule has 0 spiro atoms. The van der Waals surface area contributed by atoms with Gasteiger partial charge in [0.15, 0.2) is 0 Å². The Morgan fingerprint density at radius 1 is 1.17 bits per heavy atom. The highest BCUT2D eigenvalue weighted by molar-refractivity contribution is 6.33. The topological polar surface area (TPSA) is 29.1 Å². The van der Waals surface area contributed by atoms with Crippen LogP contribution in [0.2, 0.25) is 5.02 Å². The molecule has 0 heterocycles. The number of halogens is 5. The summed E-state index contributed by atoms with van der Waals surface area (Å²) in [4.78, 5) is 11.8. The molecular formula is C17H10ClF4NO. The third-order valence-electron chi connectivity index (χ3n) is 2.97. The molecule has 0 aliphatic rings. The molecule has 1 N–H and O–H groups in total. The lowest BCUT2D eigenvalue weighted by molar-refractivity contribution is -0.137. The van der Waals surface area contributed by atoms with Crippen molar-refractivity contribution in [1.82, 2.24) is 5.32 Å². The minimum absolute atomic E-state index is 0.0514. The summed E-state index contributed by atoms with van der Waals surface area (Å²) in [6.45, 7) is -0.182. The van der Waals surface area contributed by atoms with E-state index in [0.717, 1.165) is 18.2 Å². The second-order valence-corrected chi connectivity index (χ2v) is 5.06. The van der Waals surface area contributed by atoms with Gasteiger partial charge in [0.05, 0.1) is 22.7 Å². The summed E-state index contributed by atoms with van der Waals surface area (Å²) in [5, 5.41) is 2.32. The highest BCUT2D eigenvalue weighted by atomic mass is 35.5. The molecule has 0 fully saturated rings. The van der Waals surface area contributed by atoms with Gasteiger partial charge in [-0.25, -0.2) is 4.39 Å². The largest absolute Gasteiger partial charge is 0.417 e. The van der Waals surface area contributed by atoms with Crippen molar-refractivity contribution in [3.8, 4) is 11.8 Å². The first kappa shape index (κ1) is 17.8. The Kier molecular flexibility index (Phi) is 5.47. The lowest BCUT2D eigenvalue weighted by Crippen LogP contribution is -2.24. The third kappa shape index (κ3) is 4.49. The molecule has 0 aliphatic heterocycles. The van der Waals surface area contributed by atoms with Crippen molar-refractivity contribution < 1.29 is 22.4 Å². The van der Waals surface area contributed by atoms with Crippen molar-refractivity contribution in [2.45, 2.75) is 6.18 Å². The maximum absolute atomic E-state index is 12.9. The van der Waals surface area contributed by atoms with Crippen molar-refractivity contribution in [3.05, 3.63) is 70.0 Å². The highest BCUT2D eigenvalue weighted by Gasteiger charge is 2.32. The Labute approximate surface area is 140 Å². The first-order chi connectivity index (χ1) is 11.3. The van der Waals surface area contributed by atoms with Crippen LogP contribution in [0, 0.1) is 17.7 Å². The molecule has 2 nitrogen and oxygen atoms in total. The first-order valence-electron chi connectivity index (χ1n) is 6.67. The van der Waals surface area contributed by atoms with Crippen LogP contribution in [0.4, 0.5) is 17.6 Å². The van der Waals surface area contributed by atoms with Crippen LogP contribution in [-0.4, -0.2) is 12.5 Å². The first-order valence-corrected chi connectivity index (χ1v) is 7.05. The van der Waals surface area contributed by atoms with E-state index in [9.17, 15) is 22.4 Å². The molecule has 2 aromatic carbocycles. The van der Waals surface area contributed by atoms with Gasteiger partial charge < -0.3 is 5.32 Å². The van der Waals surface area contributed by atoms with Gasteiger partial charge in [0.2, 0.25) is 0 Å². The van der Waals surface area contributed by atoms with Crippen LogP contribution in [0.1, 0.15) is 21.5 Å². The zero-order valence-electron chi connectivity index (χ0n) is 12.0. The van der Waals surface area contributed by atoms with Crippen molar-refractivity contribution in [1.29, 1.82) is 0 Å². The Morgan fingerprint density at radius 2 is 1.88 bits per heavy atom. The van der Waals surface area contributed by atoms with Crippen LogP contribution in [0.25, 0.3) is 0 Å². The molecule has 124 valence electrons. The zero-order valence-corrected chi connectivity index (χ0v) is 12.8. The second-order valence-electron chi connectivity index (χ2n) is 4.65. The molecule has 2 aromatic rings. The molecule has 0 saturated heterocycles. The molecule has 0 atom stereocenters. The van der Waals surface area contributed by atoms with Gasteiger partial charge in [-0.05, 0) is 30.3 Å². The van der Waals surface area contributed by atoms with Gasteiger partial charge in [0.25, 0.3) is 5.91 Å². The fourth-order valence-electron chi connectivity index (χ4n) is 1.87. The number of amides is 1. The quantitative estimate of drug-likeness (QED) is 0.632. The summed E-state index contributed by atoms with van der Waals surface area (Å²) in [5.41, 5.74) is -0.972. The minimum Gasteiger partial charge on any atom is -0.341 e. The summed E-state index contributed by atoms with van der Waals surface area (Å²) in [6.07, 6.45) is -4.50. The maximum Gasteiger partial charge on any atom is 0.417 e. The predicted molar refractivity (Wildman–Crippen MR) is 82.1 cm³/mol. The summed E-state index contributed by atoms with van der Waals surface area (Å²) in [5.74, 6) is 3.64. The monoisotopic (exact) mass is 355 g/mol. The summed E-state index contributed by atoms with van der Waals surface area (Å²) in [6, 6.07) is 8.16. The summed E-state index contributed by atoms with van der Waals surface area (Å²) in [7, 11) is 0. The number of hydrogen-bond acceptors (Lipinski definition) is 1. The van der Waals surface area contributed by atoms with Gasteiger partial charge in [0.1, 0.15) is 5.82 Å². The standard InChI is InChI=1S/C17H10ClF4NO/c18-15-10-12(19)7-8-13(15)16(24)23-9-3-5-11-4-1-2-6-14(11)17(20,21)22/h1-2,4,6-8,10H,9H2,(H,23,24). The van der Waals surface area contributed by atoms with Gasteiger partial charge in [-0.1, -0.05) is 35.6 Å². The normalized spacial score (nSPS) is 10.7. The number of carbonyl (C=O) groups is 1. The fourth-order valence-corrected chi connectivity index (χ4v) is 2.13. The van der Waals surface area contributed by atoms with E-state index in [0.29, 0.717) is 0 Å². The molecule has 0 unspecified atom stereocenters. The van der Waals surface area contributed by atoms with Crippen molar-refractivity contribution in [2.24, 2.45) is 0 Å². The summed E-state index contributed by atoms with van der Waals surface area (Å²) < 4.78 is 51.3. The fraction of sp³-hybridized carbons (Fsp3) is 0.118. The molecule has 0 aromatic heterocycles. The minimum atomic E-state index is -4.50. The van der Waals surface area contributed by atoms with Gasteiger partial charge in [0, 0.05) is 5.56 Å². The van der Waals surface area contributed by atoms with E-state index < -0.39 is 23.5 Å². The molecule has 24 heavy (non-hydrogen) atoms. The van der Waals surface area contributed by atoms with E-state index in [1.165, 1.54) is 24.3 Å². The van der Waals surface area contributed by atoms with E-state index in [4.69, 9.17) is 11.6 Å². The number of nitrogens with one attached hydrogen (secondary N) is 1. The smallest absolute Gasteiger partial charge is 0.341 e. The van der Waals surface area contributed by atoms with Gasteiger partial charge in [-0.15, -0.1) is 0 Å². The average Bonchev–Trinajstić information content (AvgIpc) is 2.50. The highest BCUT2D eigenvalue weighted by Crippen LogP contribution is 2.31. The molecule has 0 aliphatic carbocycles. The van der Waals surface area contributed by atoms with Gasteiger partial charge >= 0.3 is 6.18 Å². The molecule has 0 bridgehead atoms. The van der Waals surface area contributed by atoms with E-state index in [1.54, 1.807) is 0 Å². The molecule has 0 saturated carbocycles. The van der Waals surface area contributed by atoms with Crippen LogP contribution in [-0.2, 0) is 6.18 Å². The third-order valence-corrected chi connectivity index (χ3v) is 3.28. The van der Waals surface area contributed by atoms with Crippen molar-refractivity contribution >= 4 is 17.5 Å². The summed E-state index contributed by atoms with van der Waals surface area (Å²) >= 11 is 5.74. The molecule has 2 rings (SSSR count). The van der Waals surface area contributed by atoms with Crippen LogP contribution in [0.15, 0.2) is 42.5 Å². The van der Waals surface area contributed by atoms with E-state index in [1.807, 2.05) is 0 Å². The van der Waals surface area contributed by atoms with Gasteiger partial charge in [-0.3, -0.25) is 4.79 Å². The van der Waals surface area contributed by atoms with E-state index in [-0.39, 0.29) is 22.7 Å². The zero-order chi connectivity index (χ0) is 17.7. The Morgan fingerprint density at radius 3 is 2.54 bits per heavy atom. The molecular weight excluding hydrogens is 346 g/mol. The number of benzene rings is 2. The van der Waals surface area contributed by atoms with Crippen LogP contribution in [0.5, 0.6) is 0 Å². The van der Waals surface area contributed by atoms with Crippen LogP contribution >= 0.6 is 11.6 Å². The van der Waals surface area contributed by atoms with Crippen molar-refractivity contribution in [2.75, 3.05) is 6.54 Å². The molecule has 1 amide bonds. The molecule has 7 heteroatoms. The lowest BCUT2D eigenvalue weighted by atomic mass is 10.1.